The van der Waals surface area contributed by atoms with Gasteiger partial charge in [0.1, 0.15) is 4.99 Å². The highest BCUT2D eigenvalue weighted by atomic mass is 32.2. The number of nitrogens with two attached hydrogens (primary N) is 1. The molecule has 20 heavy (non-hydrogen) atoms. The minimum atomic E-state index is 0.184. The molecule has 1 amide bonds. The van der Waals surface area contributed by atoms with Crippen LogP contribution < -0.4 is 5.73 Å². The van der Waals surface area contributed by atoms with E-state index in [9.17, 15) is 4.79 Å². The van der Waals surface area contributed by atoms with Crippen LogP contribution in [0.1, 0.15) is 11.1 Å². The SMILES string of the molecule is NC(=S)c1cccc(CSCC(=O)N2CCOCC2)c1. The lowest BCUT2D eigenvalue weighted by Gasteiger charge is -2.26. The molecule has 0 aromatic heterocycles. The molecule has 2 N–H and O–H groups in total. The topological polar surface area (TPSA) is 55.6 Å². The summed E-state index contributed by atoms with van der Waals surface area (Å²) in [6.07, 6.45) is 0. The van der Waals surface area contributed by atoms with Crippen LogP contribution in [0.5, 0.6) is 0 Å². The largest absolute Gasteiger partial charge is 0.389 e. The minimum Gasteiger partial charge on any atom is -0.389 e. The Hall–Kier alpha value is -1.11. The minimum absolute atomic E-state index is 0.184. The Morgan fingerprint density at radius 3 is 2.85 bits per heavy atom. The molecule has 0 spiro atoms. The van der Waals surface area contributed by atoms with Crippen molar-refractivity contribution in [3.8, 4) is 0 Å². The van der Waals surface area contributed by atoms with Crippen LogP contribution in [0, 0.1) is 0 Å². The first-order valence-electron chi connectivity index (χ1n) is 6.49. The number of carbonyl (C=O) groups is 1. The average molecular weight is 310 g/mol. The number of rotatable bonds is 5. The third-order valence-electron chi connectivity index (χ3n) is 3.07. The van der Waals surface area contributed by atoms with E-state index in [0.29, 0.717) is 37.0 Å². The third-order valence-corrected chi connectivity index (χ3v) is 4.29. The van der Waals surface area contributed by atoms with E-state index in [4.69, 9.17) is 22.7 Å². The number of thiocarbonyl (C=S) groups is 1. The molecule has 0 aliphatic carbocycles. The molecule has 1 saturated heterocycles. The van der Waals surface area contributed by atoms with Crippen molar-refractivity contribution in [2.75, 3.05) is 32.1 Å². The summed E-state index contributed by atoms with van der Waals surface area (Å²) >= 11 is 6.57. The maximum absolute atomic E-state index is 12.0. The van der Waals surface area contributed by atoms with Gasteiger partial charge in [-0.3, -0.25) is 4.79 Å². The molecule has 2 rings (SSSR count). The van der Waals surface area contributed by atoms with Crippen molar-refractivity contribution in [2.45, 2.75) is 5.75 Å². The number of thioether (sulfide) groups is 1. The molecule has 0 atom stereocenters. The lowest BCUT2D eigenvalue weighted by atomic mass is 10.1. The number of amides is 1. The Kier molecular flexibility index (Phi) is 5.82. The molecule has 0 bridgehead atoms. The van der Waals surface area contributed by atoms with Crippen LogP contribution in [0.3, 0.4) is 0 Å². The zero-order chi connectivity index (χ0) is 14.4. The zero-order valence-electron chi connectivity index (χ0n) is 11.2. The van der Waals surface area contributed by atoms with E-state index in [2.05, 4.69) is 0 Å². The van der Waals surface area contributed by atoms with Crippen molar-refractivity contribution in [1.82, 2.24) is 4.90 Å². The molecule has 108 valence electrons. The van der Waals surface area contributed by atoms with E-state index in [1.165, 1.54) is 0 Å². The number of nitrogens with zero attached hydrogens (tertiary/aromatic N) is 1. The summed E-state index contributed by atoms with van der Waals surface area (Å²) in [5.41, 5.74) is 7.62. The van der Waals surface area contributed by atoms with E-state index >= 15 is 0 Å². The molecule has 1 aromatic rings. The second kappa shape index (κ2) is 7.61. The van der Waals surface area contributed by atoms with Crippen molar-refractivity contribution in [3.05, 3.63) is 35.4 Å². The fourth-order valence-corrected chi connectivity index (χ4v) is 2.98. The van der Waals surface area contributed by atoms with Crippen molar-refractivity contribution >= 4 is 34.9 Å². The van der Waals surface area contributed by atoms with E-state index in [0.717, 1.165) is 16.9 Å². The molecule has 6 heteroatoms. The van der Waals surface area contributed by atoms with Crippen molar-refractivity contribution in [2.24, 2.45) is 5.73 Å². The van der Waals surface area contributed by atoms with Gasteiger partial charge in [0.05, 0.1) is 19.0 Å². The van der Waals surface area contributed by atoms with Gasteiger partial charge >= 0.3 is 0 Å². The van der Waals surface area contributed by atoms with Gasteiger partial charge in [0.15, 0.2) is 0 Å². The number of morpholine rings is 1. The van der Waals surface area contributed by atoms with Gasteiger partial charge in [-0.15, -0.1) is 11.8 Å². The molecule has 1 aliphatic heterocycles. The lowest BCUT2D eigenvalue weighted by Crippen LogP contribution is -2.41. The first kappa shape index (κ1) is 15.3. The maximum Gasteiger partial charge on any atom is 0.232 e. The summed E-state index contributed by atoms with van der Waals surface area (Å²) in [5, 5.41) is 0. The van der Waals surface area contributed by atoms with Crippen LogP contribution in [0.25, 0.3) is 0 Å². The van der Waals surface area contributed by atoms with Crippen LogP contribution >= 0.6 is 24.0 Å². The highest BCUT2D eigenvalue weighted by Gasteiger charge is 2.16. The number of ether oxygens (including phenoxy) is 1. The highest BCUT2D eigenvalue weighted by molar-refractivity contribution is 7.99. The summed E-state index contributed by atoms with van der Waals surface area (Å²) in [5.74, 6) is 1.47. The zero-order valence-corrected chi connectivity index (χ0v) is 12.8. The van der Waals surface area contributed by atoms with Crippen LogP contribution in [0.2, 0.25) is 0 Å². The quantitative estimate of drug-likeness (QED) is 0.834. The normalized spacial score (nSPS) is 15.1. The molecule has 1 aliphatic rings. The van der Waals surface area contributed by atoms with Crippen LogP contribution in [-0.2, 0) is 15.3 Å². The number of hydrogen-bond donors (Lipinski definition) is 1. The summed E-state index contributed by atoms with van der Waals surface area (Å²) in [7, 11) is 0. The molecule has 0 unspecified atom stereocenters. The summed E-state index contributed by atoms with van der Waals surface area (Å²) in [6, 6.07) is 7.84. The molecule has 1 heterocycles. The Labute approximate surface area is 128 Å². The maximum atomic E-state index is 12.0. The van der Waals surface area contributed by atoms with E-state index in [-0.39, 0.29) is 5.91 Å². The van der Waals surface area contributed by atoms with Gasteiger partial charge in [-0.05, 0) is 11.6 Å². The van der Waals surface area contributed by atoms with Gasteiger partial charge in [-0.25, -0.2) is 0 Å². The molecule has 0 radical (unpaired) electrons. The smallest absolute Gasteiger partial charge is 0.232 e. The van der Waals surface area contributed by atoms with Crippen molar-refractivity contribution < 1.29 is 9.53 Å². The fraction of sp³-hybridized carbons (Fsp3) is 0.429. The van der Waals surface area contributed by atoms with Gasteiger partial charge in [0.25, 0.3) is 0 Å². The van der Waals surface area contributed by atoms with E-state index in [1.54, 1.807) is 11.8 Å². The highest BCUT2D eigenvalue weighted by Crippen LogP contribution is 2.15. The van der Waals surface area contributed by atoms with Crippen molar-refractivity contribution in [3.63, 3.8) is 0 Å². The standard InChI is InChI=1S/C14H18N2O2S2/c15-14(19)12-3-1-2-11(8-12)9-20-10-13(17)16-4-6-18-7-5-16/h1-3,8H,4-7,9-10H2,(H2,15,19). The molecule has 1 fully saturated rings. The fourth-order valence-electron chi connectivity index (χ4n) is 1.97. The third kappa shape index (κ3) is 4.47. The average Bonchev–Trinajstić information content (AvgIpc) is 2.48. The Bertz CT molecular complexity index is 488. The Balaban J connectivity index is 1.79. The molecular weight excluding hydrogens is 292 g/mol. The summed E-state index contributed by atoms with van der Waals surface area (Å²) in [6.45, 7) is 2.70. The summed E-state index contributed by atoms with van der Waals surface area (Å²) < 4.78 is 5.23. The lowest BCUT2D eigenvalue weighted by molar-refractivity contribution is -0.132. The van der Waals surface area contributed by atoms with Crippen LogP contribution in [0.15, 0.2) is 24.3 Å². The number of benzene rings is 1. The van der Waals surface area contributed by atoms with Gasteiger partial charge in [-0.1, -0.05) is 30.4 Å². The van der Waals surface area contributed by atoms with Crippen LogP contribution in [0.4, 0.5) is 0 Å². The second-order valence-electron chi connectivity index (χ2n) is 4.55. The second-order valence-corrected chi connectivity index (χ2v) is 5.98. The Morgan fingerprint density at radius 2 is 2.15 bits per heavy atom. The first-order valence-corrected chi connectivity index (χ1v) is 8.05. The van der Waals surface area contributed by atoms with E-state index < -0.39 is 0 Å². The molecule has 1 aromatic carbocycles. The van der Waals surface area contributed by atoms with Gasteiger partial charge in [0, 0.05) is 24.4 Å². The van der Waals surface area contributed by atoms with Gasteiger partial charge < -0.3 is 15.4 Å². The number of carbonyl (C=O) groups excluding carboxylic acids is 1. The Morgan fingerprint density at radius 1 is 1.40 bits per heavy atom. The molecular formula is C14H18N2O2S2. The predicted octanol–water partition coefficient (Wildman–Crippen LogP) is 1.41. The predicted molar refractivity (Wildman–Crippen MR) is 85.9 cm³/mol. The van der Waals surface area contributed by atoms with Crippen molar-refractivity contribution in [1.29, 1.82) is 0 Å². The van der Waals surface area contributed by atoms with Gasteiger partial charge in [0.2, 0.25) is 5.91 Å². The van der Waals surface area contributed by atoms with Gasteiger partial charge in [-0.2, -0.15) is 0 Å². The number of hydrogen-bond acceptors (Lipinski definition) is 4. The molecule has 0 saturated carbocycles. The first-order chi connectivity index (χ1) is 9.66. The molecule has 4 nitrogen and oxygen atoms in total. The van der Waals surface area contributed by atoms with Crippen LogP contribution in [-0.4, -0.2) is 47.9 Å². The monoisotopic (exact) mass is 310 g/mol. The summed E-state index contributed by atoms with van der Waals surface area (Å²) in [4.78, 5) is 14.2. The van der Waals surface area contributed by atoms with E-state index in [1.807, 2.05) is 29.2 Å².